The van der Waals surface area contributed by atoms with Gasteiger partial charge in [0.05, 0.1) is 32.1 Å². The van der Waals surface area contributed by atoms with E-state index in [0.29, 0.717) is 18.6 Å². The highest BCUT2D eigenvalue weighted by molar-refractivity contribution is 5.22. The van der Waals surface area contributed by atoms with Gasteiger partial charge in [-0.2, -0.15) is 0 Å². The molecule has 1 aromatic heterocycles. The van der Waals surface area contributed by atoms with Gasteiger partial charge in [-0.1, -0.05) is 6.42 Å². The fourth-order valence-electron chi connectivity index (χ4n) is 3.54. The second kappa shape index (κ2) is 6.73. The van der Waals surface area contributed by atoms with E-state index in [2.05, 4.69) is 9.88 Å². The SMILES string of the molecule is COc1ccnc(CN2CCOC[C@@H]2[C@@H]2CCC[C@H]2O)c1. The molecule has 2 fully saturated rings. The zero-order chi connectivity index (χ0) is 14.7. The molecule has 0 spiro atoms. The normalized spacial score (nSPS) is 30.5. The lowest BCUT2D eigenvalue weighted by Crippen LogP contribution is -2.50. The van der Waals surface area contributed by atoms with E-state index in [9.17, 15) is 5.11 Å². The van der Waals surface area contributed by atoms with Gasteiger partial charge in [0.25, 0.3) is 0 Å². The van der Waals surface area contributed by atoms with Crippen LogP contribution in [0, 0.1) is 5.92 Å². The van der Waals surface area contributed by atoms with E-state index >= 15 is 0 Å². The van der Waals surface area contributed by atoms with E-state index < -0.39 is 0 Å². The summed E-state index contributed by atoms with van der Waals surface area (Å²) in [6.07, 6.45) is 4.74. The molecule has 1 aliphatic heterocycles. The number of aliphatic hydroxyl groups excluding tert-OH is 1. The van der Waals surface area contributed by atoms with Gasteiger partial charge in [-0.05, 0) is 18.9 Å². The summed E-state index contributed by atoms with van der Waals surface area (Å²) in [5.74, 6) is 1.17. The number of pyridine rings is 1. The number of aromatic nitrogens is 1. The second-order valence-electron chi connectivity index (χ2n) is 5.96. The summed E-state index contributed by atoms with van der Waals surface area (Å²) >= 11 is 0. The minimum atomic E-state index is -0.183. The second-order valence-corrected chi connectivity index (χ2v) is 5.96. The molecule has 2 heterocycles. The maximum atomic E-state index is 10.2. The molecular weight excluding hydrogens is 268 g/mol. The quantitative estimate of drug-likeness (QED) is 0.910. The molecule has 0 amide bonds. The highest BCUT2D eigenvalue weighted by Crippen LogP contribution is 2.32. The molecule has 1 aromatic rings. The van der Waals surface area contributed by atoms with Crippen LogP contribution < -0.4 is 4.74 Å². The van der Waals surface area contributed by atoms with Crippen LogP contribution in [0.1, 0.15) is 25.0 Å². The van der Waals surface area contributed by atoms with Gasteiger partial charge in [-0.15, -0.1) is 0 Å². The van der Waals surface area contributed by atoms with Crippen LogP contribution in [0.3, 0.4) is 0 Å². The average molecular weight is 292 g/mol. The largest absolute Gasteiger partial charge is 0.497 e. The Hall–Kier alpha value is -1.17. The first-order chi connectivity index (χ1) is 10.3. The molecular formula is C16H24N2O3. The van der Waals surface area contributed by atoms with Crippen molar-refractivity contribution in [2.24, 2.45) is 5.92 Å². The van der Waals surface area contributed by atoms with Crippen LogP contribution in [0.2, 0.25) is 0 Å². The fraction of sp³-hybridized carbons (Fsp3) is 0.688. The standard InChI is InChI=1S/C16H24N2O3/c1-20-13-5-6-17-12(9-13)10-18-7-8-21-11-15(18)14-3-2-4-16(14)19/h5-6,9,14-16,19H,2-4,7-8,10-11H2,1H3/t14-,15+,16+/m0/s1. The number of methoxy groups -OCH3 is 1. The van der Waals surface area contributed by atoms with Crippen LogP contribution >= 0.6 is 0 Å². The zero-order valence-electron chi connectivity index (χ0n) is 12.6. The minimum Gasteiger partial charge on any atom is -0.497 e. The molecule has 0 unspecified atom stereocenters. The van der Waals surface area contributed by atoms with E-state index in [4.69, 9.17) is 9.47 Å². The van der Waals surface area contributed by atoms with Gasteiger partial charge >= 0.3 is 0 Å². The third kappa shape index (κ3) is 3.36. The first-order valence-corrected chi connectivity index (χ1v) is 7.76. The Bertz CT molecular complexity index is 469. The van der Waals surface area contributed by atoms with Crippen LogP contribution in [0.5, 0.6) is 5.75 Å². The highest BCUT2D eigenvalue weighted by Gasteiger charge is 2.37. The van der Waals surface area contributed by atoms with Crippen LogP contribution in [0.25, 0.3) is 0 Å². The lowest BCUT2D eigenvalue weighted by molar-refractivity contribution is -0.0540. The summed E-state index contributed by atoms with van der Waals surface area (Å²) in [6, 6.07) is 4.14. The zero-order valence-corrected chi connectivity index (χ0v) is 12.6. The molecule has 3 atom stereocenters. The summed E-state index contributed by atoms with van der Waals surface area (Å²) in [5.41, 5.74) is 1.01. The molecule has 21 heavy (non-hydrogen) atoms. The molecule has 1 N–H and O–H groups in total. The Labute approximate surface area is 125 Å². The van der Waals surface area contributed by atoms with E-state index in [1.54, 1.807) is 13.3 Å². The first kappa shape index (κ1) is 14.8. The topological polar surface area (TPSA) is 54.8 Å². The van der Waals surface area contributed by atoms with Crippen molar-refractivity contribution in [1.29, 1.82) is 0 Å². The van der Waals surface area contributed by atoms with Gasteiger partial charge in [0, 0.05) is 37.3 Å². The van der Waals surface area contributed by atoms with Gasteiger partial charge in [-0.3, -0.25) is 9.88 Å². The van der Waals surface area contributed by atoms with Crippen molar-refractivity contribution < 1.29 is 14.6 Å². The maximum Gasteiger partial charge on any atom is 0.122 e. The summed E-state index contributed by atoms with van der Waals surface area (Å²) < 4.78 is 10.9. The van der Waals surface area contributed by atoms with E-state index in [1.165, 1.54) is 0 Å². The molecule has 1 saturated heterocycles. The van der Waals surface area contributed by atoms with Crippen molar-refractivity contribution in [1.82, 2.24) is 9.88 Å². The predicted molar refractivity (Wildman–Crippen MR) is 79.2 cm³/mol. The lowest BCUT2D eigenvalue weighted by atomic mass is 9.94. The predicted octanol–water partition coefficient (Wildman–Crippen LogP) is 1.45. The minimum absolute atomic E-state index is 0.183. The number of aliphatic hydroxyl groups is 1. The lowest BCUT2D eigenvalue weighted by Gasteiger charge is -2.39. The molecule has 5 nitrogen and oxygen atoms in total. The summed E-state index contributed by atoms with van der Waals surface area (Å²) in [5, 5.41) is 10.2. The van der Waals surface area contributed by atoms with E-state index in [1.807, 2.05) is 12.1 Å². The fourth-order valence-corrected chi connectivity index (χ4v) is 3.54. The molecule has 0 aromatic carbocycles. The third-order valence-electron chi connectivity index (χ3n) is 4.70. The molecule has 0 radical (unpaired) electrons. The molecule has 116 valence electrons. The van der Waals surface area contributed by atoms with Crippen molar-refractivity contribution >= 4 is 0 Å². The number of ether oxygens (including phenoxy) is 2. The monoisotopic (exact) mass is 292 g/mol. The van der Waals surface area contributed by atoms with E-state index in [0.717, 1.165) is 50.4 Å². The number of hydrogen-bond acceptors (Lipinski definition) is 5. The Kier molecular flexibility index (Phi) is 4.73. The van der Waals surface area contributed by atoms with Gasteiger partial charge < -0.3 is 14.6 Å². The number of hydrogen-bond donors (Lipinski definition) is 1. The van der Waals surface area contributed by atoms with Crippen LogP contribution in [0.4, 0.5) is 0 Å². The van der Waals surface area contributed by atoms with Gasteiger partial charge in [0.15, 0.2) is 0 Å². The van der Waals surface area contributed by atoms with Crippen LogP contribution in [-0.4, -0.2) is 54.0 Å². The summed E-state index contributed by atoms with van der Waals surface area (Å²) in [4.78, 5) is 6.84. The maximum absolute atomic E-state index is 10.2. The molecule has 1 saturated carbocycles. The Morgan fingerprint density at radius 1 is 1.48 bits per heavy atom. The molecule has 5 heteroatoms. The summed E-state index contributed by atoms with van der Waals surface area (Å²) in [6.45, 7) is 3.15. The van der Waals surface area contributed by atoms with Crippen molar-refractivity contribution in [3.63, 3.8) is 0 Å². The Balaban J connectivity index is 1.71. The van der Waals surface area contributed by atoms with Gasteiger partial charge in [0.2, 0.25) is 0 Å². The van der Waals surface area contributed by atoms with Crippen molar-refractivity contribution in [2.75, 3.05) is 26.9 Å². The van der Waals surface area contributed by atoms with Crippen molar-refractivity contribution in [3.05, 3.63) is 24.0 Å². The molecule has 1 aliphatic carbocycles. The third-order valence-corrected chi connectivity index (χ3v) is 4.70. The van der Waals surface area contributed by atoms with Crippen LogP contribution in [0.15, 0.2) is 18.3 Å². The number of morpholine rings is 1. The number of nitrogens with zero attached hydrogens (tertiary/aromatic N) is 2. The van der Waals surface area contributed by atoms with Gasteiger partial charge in [-0.25, -0.2) is 0 Å². The molecule has 2 aliphatic rings. The molecule has 0 bridgehead atoms. The molecule has 3 rings (SSSR count). The Morgan fingerprint density at radius 2 is 2.38 bits per heavy atom. The Morgan fingerprint density at radius 3 is 3.14 bits per heavy atom. The first-order valence-electron chi connectivity index (χ1n) is 7.76. The summed E-state index contributed by atoms with van der Waals surface area (Å²) in [7, 11) is 1.67. The van der Waals surface area contributed by atoms with Crippen molar-refractivity contribution in [2.45, 2.75) is 38.0 Å². The smallest absolute Gasteiger partial charge is 0.122 e. The number of rotatable bonds is 4. The van der Waals surface area contributed by atoms with Gasteiger partial charge in [0.1, 0.15) is 5.75 Å². The highest BCUT2D eigenvalue weighted by atomic mass is 16.5. The van der Waals surface area contributed by atoms with Crippen molar-refractivity contribution in [3.8, 4) is 5.75 Å². The van der Waals surface area contributed by atoms with E-state index in [-0.39, 0.29) is 6.10 Å². The van der Waals surface area contributed by atoms with Crippen LogP contribution in [-0.2, 0) is 11.3 Å². The average Bonchev–Trinajstić information content (AvgIpc) is 2.94.